The molecule has 2 rings (SSSR count). The third-order valence-electron chi connectivity index (χ3n) is 2.72. The van der Waals surface area contributed by atoms with E-state index in [0.717, 1.165) is 12.1 Å². The summed E-state index contributed by atoms with van der Waals surface area (Å²) in [6.45, 7) is 3.82. The molecular weight excluding hydrogens is 254 g/mol. The van der Waals surface area contributed by atoms with Crippen LogP contribution < -0.4 is 16.6 Å². The highest BCUT2D eigenvalue weighted by Gasteiger charge is 1.99. The summed E-state index contributed by atoms with van der Waals surface area (Å²) >= 11 is 0. The van der Waals surface area contributed by atoms with E-state index in [0.29, 0.717) is 5.69 Å². The lowest BCUT2D eigenvalue weighted by Crippen LogP contribution is -2.22. The van der Waals surface area contributed by atoms with E-state index >= 15 is 0 Å². The zero-order chi connectivity index (χ0) is 14.5. The van der Waals surface area contributed by atoms with Crippen LogP contribution in [-0.4, -0.2) is 15.9 Å². The Morgan fingerprint density at radius 2 is 2.10 bits per heavy atom. The molecule has 20 heavy (non-hydrogen) atoms. The molecule has 0 radical (unpaired) electrons. The van der Waals surface area contributed by atoms with Crippen molar-refractivity contribution in [3.05, 3.63) is 51.9 Å². The molecule has 0 atom stereocenters. The van der Waals surface area contributed by atoms with Crippen LogP contribution in [0.3, 0.4) is 0 Å². The SMILES string of the molecule is CCc1ccc(N/C(N)=N/c2nc(C)cc(=O)[nH]2)cc1. The number of rotatable bonds is 3. The van der Waals surface area contributed by atoms with Crippen molar-refractivity contribution < 1.29 is 0 Å². The number of nitrogens with zero attached hydrogens (tertiary/aromatic N) is 2. The first-order valence-corrected chi connectivity index (χ1v) is 6.35. The lowest BCUT2D eigenvalue weighted by molar-refractivity contribution is 1.05. The normalized spacial score (nSPS) is 11.4. The highest BCUT2D eigenvalue weighted by atomic mass is 16.1. The van der Waals surface area contributed by atoms with Crippen LogP contribution in [0.5, 0.6) is 0 Å². The van der Waals surface area contributed by atoms with Crippen LogP contribution in [0.2, 0.25) is 0 Å². The number of aromatic nitrogens is 2. The van der Waals surface area contributed by atoms with E-state index < -0.39 is 0 Å². The van der Waals surface area contributed by atoms with Crippen LogP contribution in [0.25, 0.3) is 0 Å². The molecule has 0 unspecified atom stereocenters. The summed E-state index contributed by atoms with van der Waals surface area (Å²) in [5.41, 5.74) is 8.20. The standard InChI is InChI=1S/C14H17N5O/c1-3-10-4-6-11(7-5-10)17-13(15)19-14-16-9(2)8-12(20)18-14/h4-8H,3H2,1-2H3,(H4,15,16,17,18,19,20). The summed E-state index contributed by atoms with van der Waals surface area (Å²) in [6.07, 6.45) is 0.984. The fraction of sp³-hybridized carbons (Fsp3) is 0.214. The number of aliphatic imine (C=N–C) groups is 1. The number of guanidine groups is 1. The molecular formula is C14H17N5O. The molecule has 0 amide bonds. The van der Waals surface area contributed by atoms with Gasteiger partial charge in [-0.3, -0.25) is 9.78 Å². The Labute approximate surface area is 116 Å². The minimum atomic E-state index is -0.253. The molecule has 0 aliphatic rings. The van der Waals surface area contributed by atoms with E-state index in [4.69, 9.17) is 5.73 Å². The molecule has 1 heterocycles. The Hall–Kier alpha value is -2.63. The molecule has 0 fully saturated rings. The summed E-state index contributed by atoms with van der Waals surface area (Å²) in [7, 11) is 0. The Kier molecular flexibility index (Phi) is 4.14. The molecule has 4 N–H and O–H groups in total. The predicted molar refractivity (Wildman–Crippen MR) is 80.3 cm³/mol. The highest BCUT2D eigenvalue weighted by molar-refractivity contribution is 5.93. The fourth-order valence-electron chi connectivity index (χ4n) is 1.73. The monoisotopic (exact) mass is 271 g/mol. The molecule has 1 aromatic heterocycles. The summed E-state index contributed by atoms with van der Waals surface area (Å²) < 4.78 is 0. The highest BCUT2D eigenvalue weighted by Crippen LogP contribution is 2.10. The first kappa shape index (κ1) is 13.8. The van der Waals surface area contributed by atoms with Crippen LogP contribution >= 0.6 is 0 Å². The van der Waals surface area contributed by atoms with Gasteiger partial charge in [-0.1, -0.05) is 19.1 Å². The minimum absolute atomic E-state index is 0.169. The second kappa shape index (κ2) is 6.01. The average Bonchev–Trinajstić information content (AvgIpc) is 2.38. The van der Waals surface area contributed by atoms with E-state index in [1.807, 2.05) is 24.3 Å². The number of hydrogen-bond donors (Lipinski definition) is 3. The largest absolute Gasteiger partial charge is 0.369 e. The molecule has 0 aliphatic heterocycles. The van der Waals surface area contributed by atoms with Gasteiger partial charge in [0.05, 0.1) is 0 Å². The van der Waals surface area contributed by atoms with Crippen molar-refractivity contribution in [2.75, 3.05) is 5.32 Å². The van der Waals surface area contributed by atoms with Gasteiger partial charge in [-0.25, -0.2) is 4.98 Å². The van der Waals surface area contributed by atoms with E-state index in [-0.39, 0.29) is 17.5 Å². The van der Waals surface area contributed by atoms with Crippen LogP contribution in [0.4, 0.5) is 11.6 Å². The molecule has 0 saturated carbocycles. The first-order chi connectivity index (χ1) is 9.56. The molecule has 104 valence electrons. The second-order valence-electron chi connectivity index (χ2n) is 4.38. The van der Waals surface area contributed by atoms with Gasteiger partial charge in [-0.05, 0) is 31.0 Å². The van der Waals surface area contributed by atoms with Crippen LogP contribution in [0, 0.1) is 6.92 Å². The maximum absolute atomic E-state index is 11.3. The lowest BCUT2D eigenvalue weighted by Gasteiger charge is -2.06. The molecule has 0 aliphatic carbocycles. The van der Waals surface area contributed by atoms with Gasteiger partial charge >= 0.3 is 0 Å². The molecule has 0 saturated heterocycles. The summed E-state index contributed by atoms with van der Waals surface area (Å²) in [5, 5.41) is 2.95. The van der Waals surface area contributed by atoms with E-state index in [1.54, 1.807) is 6.92 Å². The van der Waals surface area contributed by atoms with Gasteiger partial charge in [0, 0.05) is 17.4 Å². The number of benzene rings is 1. The van der Waals surface area contributed by atoms with Gasteiger partial charge in [0.2, 0.25) is 11.9 Å². The molecule has 6 heteroatoms. The third kappa shape index (κ3) is 3.68. The van der Waals surface area contributed by atoms with Crippen LogP contribution in [-0.2, 0) is 6.42 Å². The smallest absolute Gasteiger partial charge is 0.252 e. The molecule has 0 bridgehead atoms. The fourth-order valence-corrected chi connectivity index (χ4v) is 1.73. The molecule has 2 aromatic rings. The second-order valence-corrected chi connectivity index (χ2v) is 4.38. The number of anilines is 1. The zero-order valence-corrected chi connectivity index (χ0v) is 11.5. The molecule has 0 spiro atoms. The number of aromatic amines is 1. The Morgan fingerprint density at radius 1 is 1.40 bits per heavy atom. The summed E-state index contributed by atoms with van der Waals surface area (Å²) in [6, 6.07) is 9.28. The number of aryl methyl sites for hydroxylation is 2. The van der Waals surface area contributed by atoms with Gasteiger partial charge in [-0.2, -0.15) is 4.99 Å². The summed E-state index contributed by atoms with van der Waals surface area (Å²) in [5.74, 6) is 0.355. The maximum Gasteiger partial charge on any atom is 0.252 e. The van der Waals surface area contributed by atoms with Crippen molar-refractivity contribution in [1.29, 1.82) is 0 Å². The topological polar surface area (TPSA) is 96.2 Å². The first-order valence-electron chi connectivity index (χ1n) is 6.35. The van der Waals surface area contributed by atoms with Crippen LogP contribution in [0.1, 0.15) is 18.2 Å². The van der Waals surface area contributed by atoms with Crippen molar-refractivity contribution in [3.8, 4) is 0 Å². The number of hydrogen-bond acceptors (Lipinski definition) is 3. The van der Waals surface area contributed by atoms with Crippen molar-refractivity contribution >= 4 is 17.6 Å². The Morgan fingerprint density at radius 3 is 2.70 bits per heavy atom. The third-order valence-corrected chi connectivity index (χ3v) is 2.72. The van der Waals surface area contributed by atoms with E-state index in [9.17, 15) is 4.79 Å². The summed E-state index contributed by atoms with van der Waals surface area (Å²) in [4.78, 5) is 21.9. The van der Waals surface area contributed by atoms with E-state index in [1.165, 1.54) is 11.6 Å². The number of nitrogens with two attached hydrogens (primary N) is 1. The van der Waals surface area contributed by atoms with E-state index in [2.05, 4.69) is 27.2 Å². The van der Waals surface area contributed by atoms with Crippen LogP contribution in [0.15, 0.2) is 40.1 Å². The quantitative estimate of drug-likeness (QED) is 0.584. The molecule has 1 aromatic carbocycles. The lowest BCUT2D eigenvalue weighted by atomic mass is 10.1. The van der Waals surface area contributed by atoms with Gasteiger partial charge < -0.3 is 11.1 Å². The Bertz CT molecular complexity index is 673. The van der Waals surface area contributed by atoms with Crippen molar-refractivity contribution in [2.24, 2.45) is 10.7 Å². The van der Waals surface area contributed by atoms with Crippen molar-refractivity contribution in [3.63, 3.8) is 0 Å². The van der Waals surface area contributed by atoms with Gasteiger partial charge in [-0.15, -0.1) is 0 Å². The van der Waals surface area contributed by atoms with Gasteiger partial charge in [0.25, 0.3) is 5.56 Å². The number of H-pyrrole nitrogens is 1. The Balaban J connectivity index is 2.15. The van der Waals surface area contributed by atoms with Gasteiger partial charge in [0.1, 0.15) is 0 Å². The average molecular weight is 271 g/mol. The maximum atomic E-state index is 11.3. The minimum Gasteiger partial charge on any atom is -0.369 e. The van der Waals surface area contributed by atoms with Crippen molar-refractivity contribution in [1.82, 2.24) is 9.97 Å². The van der Waals surface area contributed by atoms with Gasteiger partial charge in [0.15, 0.2) is 0 Å². The van der Waals surface area contributed by atoms with Crippen molar-refractivity contribution in [2.45, 2.75) is 20.3 Å². The number of nitrogens with one attached hydrogen (secondary N) is 2. The zero-order valence-electron chi connectivity index (χ0n) is 11.5. The predicted octanol–water partition coefficient (Wildman–Crippen LogP) is 1.70. The molecule has 6 nitrogen and oxygen atoms in total.